The summed E-state index contributed by atoms with van der Waals surface area (Å²) in [5.74, 6) is -0.192. The van der Waals surface area contributed by atoms with Gasteiger partial charge in [-0.1, -0.05) is 30.3 Å². The lowest BCUT2D eigenvalue weighted by Gasteiger charge is -2.09. The fourth-order valence-corrected chi connectivity index (χ4v) is 2.14. The molecule has 0 radical (unpaired) electrons. The minimum absolute atomic E-state index is 0.0513. The van der Waals surface area contributed by atoms with Crippen LogP contribution in [-0.2, 0) is 11.3 Å². The van der Waals surface area contributed by atoms with Gasteiger partial charge in [-0.15, -0.1) is 0 Å². The van der Waals surface area contributed by atoms with Crippen molar-refractivity contribution in [3.63, 3.8) is 0 Å². The first-order chi connectivity index (χ1) is 10.2. The van der Waals surface area contributed by atoms with Crippen LogP contribution in [0.3, 0.4) is 0 Å². The van der Waals surface area contributed by atoms with Gasteiger partial charge in [0.15, 0.2) is 0 Å². The third-order valence-corrected chi connectivity index (χ3v) is 3.11. The lowest BCUT2D eigenvalue weighted by atomic mass is 10.2. The number of hydrogen-bond acceptors (Lipinski definition) is 3. The molecule has 21 heavy (non-hydrogen) atoms. The molecule has 1 amide bonds. The minimum atomic E-state index is -0.192. The minimum Gasteiger partial charge on any atom is -0.324 e. The van der Waals surface area contributed by atoms with Gasteiger partial charge in [0, 0.05) is 11.1 Å². The molecule has 5 nitrogen and oxygen atoms in total. The van der Waals surface area contributed by atoms with Crippen molar-refractivity contribution in [3.8, 4) is 0 Å². The topological polar surface area (TPSA) is 64.0 Å². The van der Waals surface area contributed by atoms with Gasteiger partial charge in [0.05, 0.1) is 11.7 Å². The molecular formula is C16H13N3O2. The normalized spacial score (nSPS) is 10.5. The van der Waals surface area contributed by atoms with Gasteiger partial charge in [-0.3, -0.25) is 14.3 Å². The second-order valence-electron chi connectivity index (χ2n) is 4.60. The number of para-hydroxylation sites is 2. The molecule has 1 aromatic heterocycles. The van der Waals surface area contributed by atoms with Crippen molar-refractivity contribution in [1.29, 1.82) is 0 Å². The van der Waals surface area contributed by atoms with Crippen LogP contribution in [0.25, 0.3) is 10.9 Å². The Morgan fingerprint density at radius 2 is 1.76 bits per heavy atom. The molecule has 0 atom stereocenters. The van der Waals surface area contributed by atoms with E-state index in [0.717, 1.165) is 5.69 Å². The summed E-state index contributed by atoms with van der Waals surface area (Å²) >= 11 is 0. The Morgan fingerprint density at radius 1 is 1.05 bits per heavy atom. The van der Waals surface area contributed by atoms with E-state index in [0.29, 0.717) is 10.9 Å². The first kappa shape index (κ1) is 13.1. The average molecular weight is 279 g/mol. The zero-order valence-electron chi connectivity index (χ0n) is 11.2. The highest BCUT2D eigenvalue weighted by Crippen LogP contribution is 2.09. The molecule has 0 aliphatic rings. The van der Waals surface area contributed by atoms with E-state index in [-0.39, 0.29) is 17.9 Å². The fourth-order valence-electron chi connectivity index (χ4n) is 2.14. The quantitative estimate of drug-likeness (QED) is 0.798. The van der Waals surface area contributed by atoms with E-state index in [1.807, 2.05) is 36.4 Å². The van der Waals surface area contributed by atoms with E-state index in [1.165, 1.54) is 10.9 Å². The third-order valence-electron chi connectivity index (χ3n) is 3.11. The molecule has 0 aliphatic carbocycles. The van der Waals surface area contributed by atoms with E-state index in [2.05, 4.69) is 10.4 Å². The summed E-state index contributed by atoms with van der Waals surface area (Å²) in [7, 11) is 0. The zero-order chi connectivity index (χ0) is 14.7. The molecule has 3 rings (SSSR count). The van der Waals surface area contributed by atoms with Gasteiger partial charge in [-0.2, -0.15) is 5.10 Å². The van der Waals surface area contributed by atoms with Gasteiger partial charge in [0.2, 0.25) is 11.3 Å². The van der Waals surface area contributed by atoms with E-state index >= 15 is 0 Å². The van der Waals surface area contributed by atoms with Gasteiger partial charge in [0.1, 0.15) is 6.54 Å². The van der Waals surface area contributed by atoms with Crippen molar-refractivity contribution >= 4 is 22.5 Å². The first-order valence-electron chi connectivity index (χ1n) is 6.54. The van der Waals surface area contributed by atoms with Crippen LogP contribution in [-0.4, -0.2) is 15.7 Å². The lowest BCUT2D eigenvalue weighted by Crippen LogP contribution is -2.22. The summed E-state index contributed by atoms with van der Waals surface area (Å²) in [6.07, 6.45) is 1.23. The van der Waals surface area contributed by atoms with Crippen molar-refractivity contribution in [2.45, 2.75) is 6.54 Å². The number of hydrogen-bond donors (Lipinski definition) is 1. The highest BCUT2D eigenvalue weighted by Gasteiger charge is 2.08. The van der Waals surface area contributed by atoms with Crippen LogP contribution in [0.15, 0.2) is 65.6 Å². The second kappa shape index (κ2) is 5.58. The van der Waals surface area contributed by atoms with Gasteiger partial charge in [-0.25, -0.2) is 0 Å². The molecule has 0 unspecified atom stereocenters. The lowest BCUT2D eigenvalue weighted by molar-refractivity contribution is -0.116. The Balaban J connectivity index is 1.87. The number of carbonyl (C=O) groups is 1. The molecule has 3 aromatic rings. The van der Waals surface area contributed by atoms with E-state index in [9.17, 15) is 9.59 Å². The largest absolute Gasteiger partial charge is 0.324 e. The van der Waals surface area contributed by atoms with Crippen molar-refractivity contribution in [3.05, 3.63) is 71.0 Å². The summed E-state index contributed by atoms with van der Waals surface area (Å²) < 4.78 is 1.52. The number of aromatic nitrogens is 2. The Hall–Kier alpha value is -2.95. The molecule has 104 valence electrons. The molecule has 0 fully saturated rings. The summed E-state index contributed by atoms with van der Waals surface area (Å²) in [4.78, 5) is 23.8. The molecule has 0 saturated heterocycles. The summed E-state index contributed by atoms with van der Waals surface area (Å²) in [5, 5.41) is 7.38. The summed E-state index contributed by atoms with van der Waals surface area (Å²) in [6, 6.07) is 16.3. The first-order valence-corrected chi connectivity index (χ1v) is 6.54. The van der Waals surface area contributed by atoms with E-state index in [1.54, 1.807) is 18.2 Å². The number of rotatable bonds is 3. The number of nitrogens with one attached hydrogen (secondary N) is 1. The average Bonchev–Trinajstić information content (AvgIpc) is 2.51. The van der Waals surface area contributed by atoms with Gasteiger partial charge >= 0.3 is 0 Å². The Kier molecular flexibility index (Phi) is 3.47. The fraction of sp³-hybridized carbons (Fsp3) is 0.0625. The summed E-state index contributed by atoms with van der Waals surface area (Å²) in [5.41, 5.74) is 1.23. The summed E-state index contributed by atoms with van der Waals surface area (Å²) in [6.45, 7) is 0.0513. The molecule has 0 aliphatic heterocycles. The smallest absolute Gasteiger partial charge is 0.246 e. The van der Waals surface area contributed by atoms with E-state index in [4.69, 9.17) is 0 Å². The Bertz CT molecular complexity index is 841. The molecule has 5 heteroatoms. The van der Waals surface area contributed by atoms with Crippen LogP contribution >= 0.6 is 0 Å². The van der Waals surface area contributed by atoms with Crippen LogP contribution in [0.2, 0.25) is 0 Å². The zero-order valence-corrected chi connectivity index (χ0v) is 11.2. The highest BCUT2D eigenvalue weighted by atomic mass is 16.2. The monoisotopic (exact) mass is 279 g/mol. The second-order valence-corrected chi connectivity index (χ2v) is 4.60. The molecular weight excluding hydrogens is 266 g/mol. The number of amides is 1. The van der Waals surface area contributed by atoms with Crippen LogP contribution in [0.5, 0.6) is 0 Å². The number of fused-ring (bicyclic) bond motifs is 1. The van der Waals surface area contributed by atoms with Crippen LogP contribution < -0.4 is 10.7 Å². The highest BCUT2D eigenvalue weighted by molar-refractivity contribution is 5.91. The van der Waals surface area contributed by atoms with Crippen molar-refractivity contribution in [1.82, 2.24) is 9.78 Å². The van der Waals surface area contributed by atoms with Gasteiger partial charge < -0.3 is 5.32 Å². The van der Waals surface area contributed by atoms with Crippen LogP contribution in [0, 0.1) is 0 Å². The van der Waals surface area contributed by atoms with Crippen LogP contribution in [0.1, 0.15) is 0 Å². The number of benzene rings is 2. The van der Waals surface area contributed by atoms with Gasteiger partial charge in [-0.05, 0) is 24.3 Å². The number of anilines is 1. The van der Waals surface area contributed by atoms with Crippen molar-refractivity contribution < 1.29 is 4.79 Å². The van der Waals surface area contributed by atoms with Crippen molar-refractivity contribution in [2.24, 2.45) is 0 Å². The predicted molar refractivity (Wildman–Crippen MR) is 81.1 cm³/mol. The Labute approximate surface area is 120 Å². The molecule has 1 N–H and O–H groups in total. The molecule has 0 saturated carbocycles. The molecule has 2 aromatic carbocycles. The number of nitrogens with zero attached hydrogens (tertiary/aromatic N) is 2. The molecule has 1 heterocycles. The Morgan fingerprint density at radius 3 is 2.57 bits per heavy atom. The van der Waals surface area contributed by atoms with Crippen molar-refractivity contribution in [2.75, 3.05) is 5.32 Å². The molecule has 0 spiro atoms. The number of carbonyl (C=O) groups excluding carboxylic acids is 1. The maximum atomic E-state index is 12.1. The maximum Gasteiger partial charge on any atom is 0.246 e. The third kappa shape index (κ3) is 2.81. The SMILES string of the molecule is O=C(Cn1ncc(=O)c2ccccc21)Nc1ccccc1. The maximum absolute atomic E-state index is 12.1. The predicted octanol–water partition coefficient (Wildman–Crippen LogP) is 2.04. The van der Waals surface area contributed by atoms with E-state index < -0.39 is 0 Å². The molecule has 0 bridgehead atoms. The standard InChI is InChI=1S/C16H13N3O2/c20-15-10-17-19(14-9-5-4-8-13(14)15)11-16(21)18-12-6-2-1-3-7-12/h1-10H,11H2,(H,18,21). The van der Waals surface area contributed by atoms with Gasteiger partial charge in [0.25, 0.3) is 0 Å². The van der Waals surface area contributed by atoms with Crippen LogP contribution in [0.4, 0.5) is 5.69 Å².